The van der Waals surface area contributed by atoms with Gasteiger partial charge in [0.05, 0.1) is 39.8 Å². The molecule has 2 aromatic heterocycles. The smallest absolute Gasteiger partial charge is 0.233 e. The summed E-state index contributed by atoms with van der Waals surface area (Å²) in [6.07, 6.45) is 2.98. The Kier molecular flexibility index (Phi) is 13.0. The molecule has 0 radical (unpaired) electrons. The lowest BCUT2D eigenvalue weighted by molar-refractivity contribution is -0.0970. The molecule has 1 atom stereocenters. The van der Waals surface area contributed by atoms with E-state index in [4.69, 9.17) is 33.9 Å². The zero-order valence-corrected chi connectivity index (χ0v) is 35.1. The van der Waals surface area contributed by atoms with Crippen molar-refractivity contribution >= 4 is 34.6 Å². The normalized spacial score (nSPS) is 12.1. The standard InChI is InChI=1S/C50H47N5O5S/c1-57-42-28-24-40(25-29-42)50(38-20-12-6-13-21-38,39-22-14-7-15-23-39)60-33-44(32-56)59-35-54-34-51-45-47(54)52-49(53-48(45)61-3)55(41-26-30-43(58-2)31-27-41)46(36-16-8-4-9-17-36)37-18-10-5-11-19-37/h4-31,34,44,46,56H,32-33,35H2,1-3H3. The van der Waals surface area contributed by atoms with Gasteiger partial charge >= 0.3 is 0 Å². The number of ether oxygens (including phenoxy) is 4. The number of nitrogens with zero attached hydrogens (tertiary/aromatic N) is 5. The fourth-order valence-electron chi connectivity index (χ4n) is 7.61. The van der Waals surface area contributed by atoms with Gasteiger partial charge in [0.15, 0.2) is 5.65 Å². The Morgan fingerprint density at radius 2 is 1.16 bits per heavy atom. The summed E-state index contributed by atoms with van der Waals surface area (Å²) in [5.41, 5.74) is 5.99. The van der Waals surface area contributed by atoms with Crippen LogP contribution in [-0.2, 0) is 21.8 Å². The van der Waals surface area contributed by atoms with Crippen LogP contribution in [0.1, 0.15) is 33.9 Å². The van der Waals surface area contributed by atoms with Gasteiger partial charge < -0.3 is 24.1 Å². The van der Waals surface area contributed by atoms with Crippen LogP contribution in [0, 0.1) is 0 Å². The number of methoxy groups -OCH3 is 2. The van der Waals surface area contributed by atoms with E-state index >= 15 is 0 Å². The van der Waals surface area contributed by atoms with Gasteiger partial charge in [0.1, 0.15) is 40.5 Å². The third-order valence-corrected chi connectivity index (χ3v) is 11.3. The van der Waals surface area contributed by atoms with Gasteiger partial charge in [-0.3, -0.25) is 9.47 Å². The topological polar surface area (TPSA) is 104 Å². The van der Waals surface area contributed by atoms with Crippen molar-refractivity contribution < 1.29 is 24.1 Å². The molecule has 6 aromatic carbocycles. The first-order valence-electron chi connectivity index (χ1n) is 20.0. The molecule has 0 bridgehead atoms. The number of hydrogen-bond acceptors (Lipinski definition) is 10. The number of aromatic nitrogens is 4. The van der Waals surface area contributed by atoms with Crippen molar-refractivity contribution in [1.82, 2.24) is 19.5 Å². The second-order valence-corrected chi connectivity index (χ2v) is 15.1. The van der Waals surface area contributed by atoms with Crippen LogP contribution in [0.3, 0.4) is 0 Å². The van der Waals surface area contributed by atoms with E-state index in [0.29, 0.717) is 22.1 Å². The lowest BCUT2D eigenvalue weighted by Crippen LogP contribution is -2.37. The molecule has 1 N–H and O–H groups in total. The van der Waals surface area contributed by atoms with E-state index in [-0.39, 0.29) is 26.0 Å². The molecule has 0 aliphatic carbocycles. The van der Waals surface area contributed by atoms with E-state index in [0.717, 1.165) is 45.0 Å². The van der Waals surface area contributed by atoms with E-state index in [1.54, 1.807) is 20.5 Å². The number of aliphatic hydroxyl groups is 1. The highest BCUT2D eigenvalue weighted by molar-refractivity contribution is 7.98. The number of imidazole rings is 1. The Morgan fingerprint density at radius 3 is 1.67 bits per heavy atom. The van der Waals surface area contributed by atoms with Crippen molar-refractivity contribution in [2.45, 2.75) is 29.5 Å². The molecule has 8 rings (SSSR count). The van der Waals surface area contributed by atoms with Gasteiger partial charge in [0, 0.05) is 5.69 Å². The minimum Gasteiger partial charge on any atom is -0.497 e. The Morgan fingerprint density at radius 1 is 0.656 bits per heavy atom. The SMILES string of the molecule is COc1ccc(N(c2nc(SC)c3ncn(COC(CO)COC(c4ccccc4)(c4ccccc4)c4ccc(OC)cc4)c3n2)C(c2ccccc2)c2ccccc2)cc1. The third kappa shape index (κ3) is 8.73. The Bertz CT molecular complexity index is 2520. The molecule has 0 saturated heterocycles. The van der Waals surface area contributed by atoms with Gasteiger partial charge in [0.25, 0.3) is 0 Å². The quantitative estimate of drug-likeness (QED) is 0.0511. The molecular formula is C50H47N5O5S. The van der Waals surface area contributed by atoms with Gasteiger partial charge in [-0.15, -0.1) is 11.8 Å². The van der Waals surface area contributed by atoms with Crippen molar-refractivity contribution in [2.24, 2.45) is 0 Å². The molecule has 0 amide bonds. The first kappa shape index (κ1) is 41.2. The Balaban J connectivity index is 1.15. The van der Waals surface area contributed by atoms with Crippen molar-refractivity contribution in [3.8, 4) is 11.5 Å². The van der Waals surface area contributed by atoms with Gasteiger partial charge in [-0.05, 0) is 70.5 Å². The molecule has 0 spiro atoms. The zero-order chi connectivity index (χ0) is 42.0. The highest BCUT2D eigenvalue weighted by Gasteiger charge is 2.38. The van der Waals surface area contributed by atoms with Crippen LogP contribution in [-0.4, -0.2) is 64.4 Å². The fourth-order valence-corrected chi connectivity index (χ4v) is 8.12. The van der Waals surface area contributed by atoms with Crippen molar-refractivity contribution in [3.05, 3.63) is 204 Å². The number of benzene rings is 6. The van der Waals surface area contributed by atoms with E-state index in [2.05, 4.69) is 53.4 Å². The maximum atomic E-state index is 10.8. The van der Waals surface area contributed by atoms with E-state index in [1.165, 1.54) is 11.8 Å². The third-order valence-electron chi connectivity index (χ3n) is 10.7. The molecule has 308 valence electrons. The molecule has 1 unspecified atom stereocenters. The summed E-state index contributed by atoms with van der Waals surface area (Å²) in [6, 6.07) is 56.4. The van der Waals surface area contributed by atoms with Crippen LogP contribution in [0.5, 0.6) is 11.5 Å². The number of anilines is 2. The predicted octanol–water partition coefficient (Wildman–Crippen LogP) is 9.84. The summed E-state index contributed by atoms with van der Waals surface area (Å²) in [6.45, 7) is -0.173. The molecule has 0 fully saturated rings. The zero-order valence-electron chi connectivity index (χ0n) is 34.2. The van der Waals surface area contributed by atoms with E-state index in [9.17, 15) is 5.11 Å². The summed E-state index contributed by atoms with van der Waals surface area (Å²) < 4.78 is 26.4. The first-order chi connectivity index (χ1) is 30.1. The summed E-state index contributed by atoms with van der Waals surface area (Å²) in [5, 5.41) is 11.5. The maximum Gasteiger partial charge on any atom is 0.233 e. The lowest BCUT2D eigenvalue weighted by atomic mass is 9.80. The van der Waals surface area contributed by atoms with Crippen LogP contribution < -0.4 is 14.4 Å². The molecular weight excluding hydrogens is 783 g/mol. The van der Waals surface area contributed by atoms with Crippen LogP contribution in [0.4, 0.5) is 11.6 Å². The second-order valence-electron chi connectivity index (χ2n) is 14.3. The minimum atomic E-state index is -1.03. The highest BCUT2D eigenvalue weighted by atomic mass is 32.2. The van der Waals surface area contributed by atoms with Crippen LogP contribution in [0.15, 0.2) is 181 Å². The average Bonchev–Trinajstić information content (AvgIpc) is 3.75. The van der Waals surface area contributed by atoms with E-state index < -0.39 is 11.7 Å². The Hall–Kier alpha value is -6.50. The molecule has 10 nitrogen and oxygen atoms in total. The molecule has 0 aliphatic rings. The number of hydrogen-bond donors (Lipinski definition) is 1. The first-order valence-corrected chi connectivity index (χ1v) is 21.2. The van der Waals surface area contributed by atoms with Crippen molar-refractivity contribution in [2.75, 3.05) is 38.6 Å². The Labute approximate surface area is 360 Å². The van der Waals surface area contributed by atoms with Gasteiger partial charge in [-0.2, -0.15) is 4.98 Å². The summed E-state index contributed by atoms with van der Waals surface area (Å²) in [5.74, 6) is 1.97. The molecule has 61 heavy (non-hydrogen) atoms. The van der Waals surface area contributed by atoms with Crippen molar-refractivity contribution in [1.29, 1.82) is 0 Å². The van der Waals surface area contributed by atoms with Crippen molar-refractivity contribution in [3.63, 3.8) is 0 Å². The lowest BCUT2D eigenvalue weighted by Gasteiger charge is -2.37. The summed E-state index contributed by atoms with van der Waals surface area (Å²) in [7, 11) is 3.31. The maximum absolute atomic E-state index is 10.8. The second kappa shape index (κ2) is 19.3. The fraction of sp³-hybridized carbons (Fsp3) is 0.180. The van der Waals surface area contributed by atoms with E-state index in [1.807, 2.05) is 132 Å². The molecule has 0 aliphatic heterocycles. The molecule has 11 heteroatoms. The number of thioether (sulfide) groups is 1. The van der Waals surface area contributed by atoms with Gasteiger partial charge in [-0.25, -0.2) is 9.97 Å². The summed E-state index contributed by atoms with van der Waals surface area (Å²) >= 11 is 1.50. The molecule has 0 saturated carbocycles. The molecule has 2 heterocycles. The molecule has 8 aromatic rings. The average molecular weight is 830 g/mol. The van der Waals surface area contributed by atoms with Gasteiger partial charge in [0.2, 0.25) is 5.95 Å². The largest absolute Gasteiger partial charge is 0.497 e. The number of rotatable bonds is 18. The number of fused-ring (bicyclic) bond motifs is 1. The van der Waals surface area contributed by atoms with Crippen LogP contribution in [0.2, 0.25) is 0 Å². The van der Waals surface area contributed by atoms with Crippen LogP contribution in [0.25, 0.3) is 11.2 Å². The van der Waals surface area contributed by atoms with Crippen LogP contribution >= 0.6 is 11.8 Å². The highest BCUT2D eigenvalue weighted by Crippen LogP contribution is 2.42. The minimum absolute atomic E-state index is 0.0465. The number of aliphatic hydroxyl groups excluding tert-OH is 1. The monoisotopic (exact) mass is 829 g/mol. The summed E-state index contributed by atoms with van der Waals surface area (Å²) in [4.78, 5) is 17.3. The predicted molar refractivity (Wildman–Crippen MR) is 241 cm³/mol. The van der Waals surface area contributed by atoms with Gasteiger partial charge in [-0.1, -0.05) is 133 Å².